The summed E-state index contributed by atoms with van der Waals surface area (Å²) in [5, 5.41) is 9.72. The van der Waals surface area contributed by atoms with Crippen molar-refractivity contribution in [1.29, 1.82) is 5.26 Å². The molecule has 0 saturated heterocycles. The van der Waals surface area contributed by atoms with E-state index in [1.807, 2.05) is 22.7 Å². The number of rotatable bonds is 2. The van der Waals surface area contributed by atoms with Gasteiger partial charge in [-0.05, 0) is 31.5 Å². The van der Waals surface area contributed by atoms with Crippen LogP contribution in [0.2, 0.25) is 5.02 Å². The number of hydrogen-bond acceptors (Lipinski definition) is 2. The molecule has 4 heteroatoms. The molecule has 0 fully saturated rings. The summed E-state index contributed by atoms with van der Waals surface area (Å²) in [5.41, 5.74) is 5.81. The fraction of sp³-hybridized carbons (Fsp3) is 0.176. The van der Waals surface area contributed by atoms with Gasteiger partial charge in [-0.25, -0.2) is 4.98 Å². The van der Waals surface area contributed by atoms with E-state index in [1.54, 1.807) is 0 Å². The fourth-order valence-corrected chi connectivity index (χ4v) is 2.83. The van der Waals surface area contributed by atoms with Crippen molar-refractivity contribution in [2.75, 3.05) is 0 Å². The van der Waals surface area contributed by atoms with E-state index in [9.17, 15) is 0 Å². The van der Waals surface area contributed by atoms with E-state index in [0.29, 0.717) is 17.1 Å². The highest BCUT2D eigenvalue weighted by Crippen LogP contribution is 2.30. The van der Waals surface area contributed by atoms with Crippen molar-refractivity contribution in [2.24, 2.45) is 0 Å². The standard InChI is InChI=1S/C17H14ClN3/c1-11-5-6-13(12(2)10-11)16-15(7-8-19)21-9-3-4-14(18)17(21)20-16/h3-6,9-10H,7H2,1-2H3. The van der Waals surface area contributed by atoms with Gasteiger partial charge in [-0.2, -0.15) is 5.26 Å². The molecule has 0 bridgehead atoms. The lowest BCUT2D eigenvalue weighted by Gasteiger charge is -2.06. The van der Waals surface area contributed by atoms with Gasteiger partial charge in [0.15, 0.2) is 5.65 Å². The molecule has 0 spiro atoms. The summed E-state index contributed by atoms with van der Waals surface area (Å²) in [5.74, 6) is 0. The molecule has 2 heterocycles. The van der Waals surface area contributed by atoms with Gasteiger partial charge in [0.1, 0.15) is 0 Å². The first-order valence-corrected chi connectivity index (χ1v) is 7.09. The zero-order chi connectivity index (χ0) is 15.0. The molecule has 2 aromatic heterocycles. The largest absolute Gasteiger partial charge is 0.301 e. The van der Waals surface area contributed by atoms with Crippen LogP contribution in [0.15, 0.2) is 36.5 Å². The number of nitriles is 1. The smallest absolute Gasteiger partial charge is 0.156 e. The first-order valence-electron chi connectivity index (χ1n) is 6.72. The van der Waals surface area contributed by atoms with E-state index in [2.05, 4.69) is 43.1 Å². The average molecular weight is 296 g/mol. The number of fused-ring (bicyclic) bond motifs is 1. The topological polar surface area (TPSA) is 41.1 Å². The molecule has 0 amide bonds. The minimum absolute atomic E-state index is 0.296. The number of halogens is 1. The quantitative estimate of drug-likeness (QED) is 0.706. The maximum absolute atomic E-state index is 9.13. The highest BCUT2D eigenvalue weighted by molar-refractivity contribution is 6.33. The third-order valence-corrected chi connectivity index (χ3v) is 3.88. The predicted octanol–water partition coefficient (Wildman–Crippen LogP) is 4.34. The first kappa shape index (κ1) is 13.7. The molecule has 0 aliphatic heterocycles. The van der Waals surface area contributed by atoms with E-state index in [4.69, 9.17) is 16.9 Å². The van der Waals surface area contributed by atoms with Crippen LogP contribution in [0.3, 0.4) is 0 Å². The third-order valence-electron chi connectivity index (χ3n) is 3.58. The Labute approximate surface area is 128 Å². The van der Waals surface area contributed by atoms with Crippen molar-refractivity contribution >= 4 is 17.2 Å². The van der Waals surface area contributed by atoms with Gasteiger partial charge in [-0.1, -0.05) is 35.4 Å². The Morgan fingerprint density at radius 1 is 1.29 bits per heavy atom. The summed E-state index contributed by atoms with van der Waals surface area (Å²) in [7, 11) is 0. The minimum atomic E-state index is 0.296. The Balaban J connectivity index is 2.34. The van der Waals surface area contributed by atoms with Crippen molar-refractivity contribution in [1.82, 2.24) is 9.38 Å². The monoisotopic (exact) mass is 295 g/mol. The minimum Gasteiger partial charge on any atom is -0.301 e. The predicted molar refractivity (Wildman–Crippen MR) is 84.4 cm³/mol. The van der Waals surface area contributed by atoms with Crippen LogP contribution >= 0.6 is 11.6 Å². The highest BCUT2D eigenvalue weighted by Gasteiger charge is 2.16. The van der Waals surface area contributed by atoms with Crippen LogP contribution < -0.4 is 0 Å². The molecule has 0 N–H and O–H groups in total. The average Bonchev–Trinajstić information content (AvgIpc) is 2.80. The highest BCUT2D eigenvalue weighted by atomic mass is 35.5. The molecule has 1 aromatic carbocycles. The second-order valence-corrected chi connectivity index (χ2v) is 5.52. The third kappa shape index (κ3) is 2.28. The van der Waals surface area contributed by atoms with Crippen LogP contribution in [0.5, 0.6) is 0 Å². The molecule has 3 aromatic rings. The Hall–Kier alpha value is -2.31. The molecule has 21 heavy (non-hydrogen) atoms. The van der Waals surface area contributed by atoms with Crippen LogP contribution in [-0.2, 0) is 6.42 Å². The van der Waals surface area contributed by atoms with Gasteiger partial charge >= 0.3 is 0 Å². The summed E-state index contributed by atoms with van der Waals surface area (Å²) in [6.45, 7) is 4.12. The van der Waals surface area contributed by atoms with Gasteiger partial charge in [0, 0.05) is 11.8 Å². The van der Waals surface area contributed by atoms with Crippen LogP contribution in [0, 0.1) is 25.2 Å². The van der Waals surface area contributed by atoms with E-state index >= 15 is 0 Å². The van der Waals surface area contributed by atoms with Crippen LogP contribution in [-0.4, -0.2) is 9.38 Å². The SMILES string of the molecule is Cc1ccc(-c2nc3c(Cl)cccn3c2CC#N)c(C)c1. The number of pyridine rings is 1. The molecule has 104 valence electrons. The van der Waals surface area contributed by atoms with Crippen molar-refractivity contribution in [2.45, 2.75) is 20.3 Å². The number of nitrogens with zero attached hydrogens (tertiary/aromatic N) is 3. The number of benzene rings is 1. The number of imidazole rings is 1. The maximum atomic E-state index is 9.13. The zero-order valence-corrected chi connectivity index (χ0v) is 12.6. The van der Waals surface area contributed by atoms with Crippen molar-refractivity contribution in [3.05, 3.63) is 58.4 Å². The molecule has 0 aliphatic carbocycles. The van der Waals surface area contributed by atoms with Crippen molar-refractivity contribution < 1.29 is 0 Å². The van der Waals surface area contributed by atoms with Crippen molar-refractivity contribution in [3.8, 4) is 17.3 Å². The molecule has 0 atom stereocenters. The van der Waals surface area contributed by atoms with Crippen LogP contribution in [0.1, 0.15) is 16.8 Å². The molecule has 0 unspecified atom stereocenters. The zero-order valence-electron chi connectivity index (χ0n) is 11.9. The molecular weight excluding hydrogens is 282 g/mol. The van der Waals surface area contributed by atoms with E-state index in [-0.39, 0.29) is 0 Å². The fourth-order valence-electron chi connectivity index (χ4n) is 2.62. The van der Waals surface area contributed by atoms with Gasteiger partial charge in [-0.3, -0.25) is 0 Å². The normalized spacial score (nSPS) is 10.8. The summed E-state index contributed by atoms with van der Waals surface area (Å²) >= 11 is 6.23. The molecular formula is C17H14ClN3. The summed E-state index contributed by atoms with van der Waals surface area (Å²) in [6.07, 6.45) is 2.19. The van der Waals surface area contributed by atoms with E-state index in [0.717, 1.165) is 22.5 Å². The number of aryl methyl sites for hydroxylation is 2. The number of hydrogen-bond donors (Lipinski definition) is 0. The lowest BCUT2D eigenvalue weighted by molar-refractivity contribution is 1.06. The maximum Gasteiger partial charge on any atom is 0.156 e. The van der Waals surface area contributed by atoms with Gasteiger partial charge in [-0.15, -0.1) is 0 Å². The lowest BCUT2D eigenvalue weighted by atomic mass is 10.0. The summed E-state index contributed by atoms with van der Waals surface area (Å²) in [6, 6.07) is 12.1. The molecule has 3 nitrogen and oxygen atoms in total. The van der Waals surface area contributed by atoms with Crippen LogP contribution in [0.25, 0.3) is 16.9 Å². The Morgan fingerprint density at radius 2 is 2.10 bits per heavy atom. The summed E-state index contributed by atoms with van der Waals surface area (Å²) in [4.78, 5) is 4.67. The van der Waals surface area contributed by atoms with Gasteiger partial charge < -0.3 is 4.40 Å². The Bertz CT molecular complexity index is 872. The summed E-state index contributed by atoms with van der Waals surface area (Å²) < 4.78 is 1.90. The number of aromatic nitrogens is 2. The second-order valence-electron chi connectivity index (χ2n) is 5.11. The lowest BCUT2D eigenvalue weighted by Crippen LogP contribution is -1.94. The van der Waals surface area contributed by atoms with Gasteiger partial charge in [0.25, 0.3) is 0 Å². The van der Waals surface area contributed by atoms with Gasteiger partial charge in [0.2, 0.25) is 0 Å². The first-order chi connectivity index (χ1) is 10.1. The second kappa shape index (κ2) is 5.23. The molecule has 0 saturated carbocycles. The Kier molecular flexibility index (Phi) is 3.40. The molecule has 0 aliphatic rings. The Morgan fingerprint density at radius 3 is 2.81 bits per heavy atom. The van der Waals surface area contributed by atoms with Crippen molar-refractivity contribution in [3.63, 3.8) is 0 Å². The molecule has 0 radical (unpaired) electrons. The van der Waals surface area contributed by atoms with Crippen LogP contribution in [0.4, 0.5) is 0 Å². The van der Waals surface area contributed by atoms with E-state index < -0.39 is 0 Å². The van der Waals surface area contributed by atoms with E-state index in [1.165, 1.54) is 5.56 Å². The van der Waals surface area contributed by atoms with Gasteiger partial charge in [0.05, 0.1) is 28.9 Å². The molecule has 3 rings (SSSR count).